The Hall–Kier alpha value is -2.18. The van der Waals surface area contributed by atoms with E-state index < -0.39 is 0 Å². The fourth-order valence-corrected chi connectivity index (χ4v) is 3.49. The number of rotatable bonds is 6. The first-order valence-corrected chi connectivity index (χ1v) is 9.53. The van der Waals surface area contributed by atoms with E-state index in [-0.39, 0.29) is 30.9 Å². The van der Waals surface area contributed by atoms with E-state index in [0.29, 0.717) is 23.1 Å². The van der Waals surface area contributed by atoms with Gasteiger partial charge in [0.1, 0.15) is 12.4 Å². The molecule has 0 radical (unpaired) electrons. The molecule has 1 aliphatic rings. The summed E-state index contributed by atoms with van der Waals surface area (Å²) in [6, 6.07) is 12.2. The van der Waals surface area contributed by atoms with E-state index in [1.165, 1.54) is 6.07 Å². The molecule has 3 rings (SSSR count). The Balaban J connectivity index is 1.36. The summed E-state index contributed by atoms with van der Waals surface area (Å²) in [6.07, 6.45) is 1.70. The molecule has 0 spiro atoms. The Kier molecular flexibility index (Phi) is 6.63. The van der Waals surface area contributed by atoms with Crippen LogP contribution in [0.5, 0.6) is 0 Å². The number of esters is 1. The van der Waals surface area contributed by atoms with Crippen LogP contribution in [0.2, 0.25) is 5.02 Å². The average molecular weight is 407 g/mol. The number of hydrogen-bond donors (Lipinski definition) is 2. The van der Waals surface area contributed by atoms with Crippen LogP contribution in [0.15, 0.2) is 42.5 Å². The van der Waals surface area contributed by atoms with Crippen molar-refractivity contribution in [3.05, 3.63) is 70.0 Å². The molecule has 27 heavy (non-hydrogen) atoms. The highest BCUT2D eigenvalue weighted by atomic mass is 35.5. The lowest BCUT2D eigenvalue weighted by atomic mass is 10.1. The lowest BCUT2D eigenvalue weighted by molar-refractivity contribution is -0.142. The average Bonchev–Trinajstić information content (AvgIpc) is 3.05. The summed E-state index contributed by atoms with van der Waals surface area (Å²) in [5.41, 5.74) is 2.56. The first-order valence-electron chi connectivity index (χ1n) is 8.74. The maximum absolute atomic E-state index is 13.8. The van der Waals surface area contributed by atoms with E-state index in [1.807, 2.05) is 6.07 Å². The zero-order chi connectivity index (χ0) is 19.2. The van der Waals surface area contributed by atoms with Crippen molar-refractivity contribution in [1.29, 1.82) is 0 Å². The summed E-state index contributed by atoms with van der Waals surface area (Å²) in [4.78, 5) is 11.8. The van der Waals surface area contributed by atoms with Crippen molar-refractivity contribution in [2.75, 3.05) is 13.2 Å². The van der Waals surface area contributed by atoms with E-state index >= 15 is 0 Å². The van der Waals surface area contributed by atoms with Gasteiger partial charge < -0.3 is 15.4 Å². The van der Waals surface area contributed by atoms with E-state index in [9.17, 15) is 9.18 Å². The van der Waals surface area contributed by atoms with Crippen molar-refractivity contribution in [1.82, 2.24) is 10.6 Å². The van der Waals surface area contributed by atoms with Gasteiger partial charge in [-0.25, -0.2) is 4.39 Å². The maximum atomic E-state index is 13.8. The van der Waals surface area contributed by atoms with Crippen molar-refractivity contribution < 1.29 is 13.9 Å². The summed E-state index contributed by atoms with van der Waals surface area (Å²) >= 11 is 11.1. The monoisotopic (exact) mass is 406 g/mol. The first-order chi connectivity index (χ1) is 13.0. The largest absolute Gasteiger partial charge is 0.464 e. The number of ether oxygens (including phenoxy) is 1. The third-order valence-electron chi connectivity index (χ3n) is 4.43. The van der Waals surface area contributed by atoms with Crippen molar-refractivity contribution in [2.45, 2.75) is 25.3 Å². The molecule has 142 valence electrons. The zero-order valence-electron chi connectivity index (χ0n) is 14.6. The van der Waals surface area contributed by atoms with Crippen molar-refractivity contribution in [3.8, 4) is 0 Å². The van der Waals surface area contributed by atoms with Gasteiger partial charge in [0.15, 0.2) is 5.11 Å². The minimum absolute atomic E-state index is 0.00292. The molecule has 0 aliphatic heterocycles. The molecule has 0 saturated heterocycles. The van der Waals surface area contributed by atoms with Gasteiger partial charge in [0.2, 0.25) is 0 Å². The van der Waals surface area contributed by atoms with Gasteiger partial charge in [-0.05, 0) is 59.9 Å². The Morgan fingerprint density at radius 1 is 1.26 bits per heavy atom. The van der Waals surface area contributed by atoms with Crippen molar-refractivity contribution in [2.24, 2.45) is 0 Å². The summed E-state index contributed by atoms with van der Waals surface area (Å²) in [5.74, 6) is -0.471. The van der Waals surface area contributed by atoms with Gasteiger partial charge in [0, 0.05) is 5.02 Å². The second kappa shape index (κ2) is 9.15. The van der Waals surface area contributed by atoms with Crippen LogP contribution < -0.4 is 10.6 Å². The lowest BCUT2D eigenvalue weighted by Crippen LogP contribution is -2.38. The third kappa shape index (κ3) is 5.40. The van der Waals surface area contributed by atoms with E-state index in [2.05, 4.69) is 10.6 Å². The number of carbonyl (C=O) groups excluding carboxylic acids is 1. The molecule has 4 nitrogen and oxygen atoms in total. The Morgan fingerprint density at radius 3 is 2.81 bits per heavy atom. The molecule has 1 aliphatic carbocycles. The Morgan fingerprint density at radius 2 is 2.04 bits per heavy atom. The predicted octanol–water partition coefficient (Wildman–Crippen LogP) is 3.72. The van der Waals surface area contributed by atoms with Crippen LogP contribution in [0.25, 0.3) is 0 Å². The molecular weight excluding hydrogens is 387 g/mol. The van der Waals surface area contributed by atoms with Crippen LogP contribution in [0.1, 0.15) is 29.2 Å². The van der Waals surface area contributed by atoms with Gasteiger partial charge in [-0.15, -0.1) is 0 Å². The SMILES string of the molecule is O=C(Cc1ccc(Cl)cc1)OCCNC(=S)NC1CCc2c(F)cccc21. The molecule has 2 aromatic carbocycles. The molecule has 0 amide bonds. The molecule has 1 atom stereocenters. The third-order valence-corrected chi connectivity index (χ3v) is 4.95. The van der Waals surface area contributed by atoms with Crippen LogP contribution in [0, 0.1) is 5.82 Å². The molecule has 7 heteroatoms. The number of nitrogens with one attached hydrogen (secondary N) is 2. The molecular formula is C20H20ClFN2O2S. The second-order valence-corrected chi connectivity index (χ2v) is 7.17. The number of fused-ring (bicyclic) bond motifs is 1. The smallest absolute Gasteiger partial charge is 0.310 e. The molecule has 2 N–H and O–H groups in total. The predicted molar refractivity (Wildman–Crippen MR) is 107 cm³/mol. The molecule has 1 unspecified atom stereocenters. The number of halogens is 2. The fourth-order valence-electron chi connectivity index (χ4n) is 3.12. The fraction of sp³-hybridized carbons (Fsp3) is 0.300. The standard InChI is InChI=1S/C20H20ClFN2O2S/c21-14-6-4-13(5-7-14)12-19(25)26-11-10-23-20(27)24-18-9-8-15-16(18)2-1-3-17(15)22/h1-7,18H,8-12H2,(H2,23,24,27). The highest BCUT2D eigenvalue weighted by molar-refractivity contribution is 7.80. The summed E-state index contributed by atoms with van der Waals surface area (Å²) in [5, 5.41) is 7.30. The first kappa shape index (κ1) is 19.6. The van der Waals surface area contributed by atoms with Crippen molar-refractivity contribution >= 4 is 34.9 Å². The topological polar surface area (TPSA) is 50.4 Å². The lowest BCUT2D eigenvalue weighted by Gasteiger charge is -2.17. The van der Waals surface area contributed by atoms with Crippen molar-refractivity contribution in [3.63, 3.8) is 0 Å². The number of hydrogen-bond acceptors (Lipinski definition) is 3. The van der Waals surface area contributed by atoms with E-state index in [1.54, 1.807) is 30.3 Å². The zero-order valence-corrected chi connectivity index (χ0v) is 16.2. The molecule has 0 heterocycles. The maximum Gasteiger partial charge on any atom is 0.310 e. The Labute approximate surface area is 168 Å². The van der Waals surface area contributed by atoms with E-state index in [4.69, 9.17) is 28.6 Å². The highest BCUT2D eigenvalue weighted by Gasteiger charge is 2.25. The summed E-state index contributed by atoms with van der Waals surface area (Å²) < 4.78 is 19.0. The molecule has 0 bridgehead atoms. The minimum Gasteiger partial charge on any atom is -0.464 e. The number of carbonyl (C=O) groups is 1. The van der Waals surface area contributed by atoms with Gasteiger partial charge in [0.25, 0.3) is 0 Å². The van der Waals surface area contributed by atoms with Gasteiger partial charge >= 0.3 is 5.97 Å². The quantitative estimate of drug-likeness (QED) is 0.435. The van der Waals surface area contributed by atoms with Gasteiger partial charge in [-0.2, -0.15) is 0 Å². The molecule has 0 fully saturated rings. The minimum atomic E-state index is -0.307. The number of benzene rings is 2. The molecule has 2 aromatic rings. The van der Waals surface area contributed by atoms with Gasteiger partial charge in [-0.3, -0.25) is 4.79 Å². The van der Waals surface area contributed by atoms with Crippen LogP contribution in [0.4, 0.5) is 4.39 Å². The number of thiocarbonyl (C=S) groups is 1. The molecule has 0 aromatic heterocycles. The normalized spacial score (nSPS) is 15.1. The summed E-state index contributed by atoms with van der Waals surface area (Å²) in [6.45, 7) is 0.616. The Bertz CT molecular complexity index is 829. The highest BCUT2D eigenvalue weighted by Crippen LogP contribution is 2.32. The molecule has 0 saturated carbocycles. The van der Waals surface area contributed by atoms with E-state index in [0.717, 1.165) is 23.1 Å². The van der Waals surface area contributed by atoms with Crippen LogP contribution >= 0.6 is 23.8 Å². The van der Waals surface area contributed by atoms with Gasteiger partial charge in [-0.1, -0.05) is 35.9 Å². The van der Waals surface area contributed by atoms with Crippen LogP contribution in [-0.2, 0) is 22.4 Å². The van der Waals surface area contributed by atoms with Crippen LogP contribution in [-0.4, -0.2) is 24.2 Å². The van der Waals surface area contributed by atoms with Crippen LogP contribution in [0.3, 0.4) is 0 Å². The van der Waals surface area contributed by atoms with Gasteiger partial charge in [0.05, 0.1) is 19.0 Å². The summed E-state index contributed by atoms with van der Waals surface area (Å²) in [7, 11) is 0. The second-order valence-electron chi connectivity index (χ2n) is 6.32.